The molecule has 5 atom stereocenters. The highest BCUT2D eigenvalue weighted by Crippen LogP contribution is 2.29. The van der Waals surface area contributed by atoms with Crippen LogP contribution in [0, 0.1) is 12.3 Å². The maximum Gasteiger partial charge on any atom is 0.303 e. The van der Waals surface area contributed by atoms with Crippen molar-refractivity contribution in [2.24, 2.45) is 0 Å². The number of carbonyl (C=O) groups excluding carboxylic acids is 3. The smallest absolute Gasteiger partial charge is 0.303 e. The van der Waals surface area contributed by atoms with Gasteiger partial charge in [0.05, 0.1) is 26.8 Å². The van der Waals surface area contributed by atoms with Crippen LogP contribution in [0.5, 0.6) is 0 Å². The Morgan fingerprint density at radius 3 is 1.93 bits per heavy atom. The van der Waals surface area contributed by atoms with E-state index in [0.717, 1.165) is 0 Å². The Labute approximate surface area is 182 Å². The summed E-state index contributed by atoms with van der Waals surface area (Å²) in [7, 11) is 3.91. The second-order valence-electron chi connectivity index (χ2n) is 7.32. The minimum Gasteiger partial charge on any atom is -1.00 e. The van der Waals surface area contributed by atoms with Crippen LogP contribution in [0.15, 0.2) is 0 Å². The van der Waals surface area contributed by atoms with Gasteiger partial charge in [0.15, 0.2) is 24.6 Å². The van der Waals surface area contributed by atoms with Crippen molar-refractivity contribution in [3.63, 3.8) is 0 Å². The van der Waals surface area contributed by atoms with Gasteiger partial charge in [-0.2, -0.15) is 0 Å². The maximum atomic E-state index is 11.6. The minimum absolute atomic E-state index is 0. The first-order valence-electron chi connectivity index (χ1n) is 9.01. The first-order chi connectivity index (χ1) is 13.0. The van der Waals surface area contributed by atoms with Crippen LogP contribution < -0.4 is 17.0 Å². The average molecular weight is 480 g/mol. The van der Waals surface area contributed by atoms with E-state index in [4.69, 9.17) is 30.1 Å². The van der Waals surface area contributed by atoms with E-state index in [1.54, 1.807) is 6.92 Å². The van der Waals surface area contributed by atoms with Crippen LogP contribution in [0.4, 0.5) is 0 Å². The van der Waals surface area contributed by atoms with Crippen LogP contribution in [0.3, 0.4) is 0 Å². The summed E-state index contributed by atoms with van der Waals surface area (Å²) >= 11 is 0. The summed E-state index contributed by atoms with van der Waals surface area (Å²) in [5.74, 6) is 0.800. The second-order valence-corrected chi connectivity index (χ2v) is 7.32. The van der Waals surface area contributed by atoms with E-state index in [9.17, 15) is 14.4 Å². The van der Waals surface area contributed by atoms with Gasteiger partial charge in [-0.1, -0.05) is 0 Å². The van der Waals surface area contributed by atoms with E-state index >= 15 is 0 Å². The van der Waals surface area contributed by atoms with Crippen LogP contribution in [0.2, 0.25) is 0 Å². The molecular formula is C19H30BrNO8. The van der Waals surface area contributed by atoms with Crippen LogP contribution in [-0.2, 0) is 38.1 Å². The molecule has 0 aliphatic carbocycles. The lowest BCUT2D eigenvalue weighted by Crippen LogP contribution is -3.00. The molecule has 1 aliphatic rings. The van der Waals surface area contributed by atoms with Gasteiger partial charge in [0.25, 0.3) is 0 Å². The molecular weight excluding hydrogens is 450 g/mol. The van der Waals surface area contributed by atoms with Crippen LogP contribution >= 0.6 is 0 Å². The van der Waals surface area contributed by atoms with E-state index in [-0.39, 0.29) is 23.6 Å². The number of carbonyl (C=O) groups is 3. The molecule has 0 aromatic rings. The zero-order valence-electron chi connectivity index (χ0n) is 17.7. The summed E-state index contributed by atoms with van der Waals surface area (Å²) in [6.45, 7) is 6.67. The third-order valence-corrected chi connectivity index (χ3v) is 4.13. The Morgan fingerprint density at radius 1 is 0.966 bits per heavy atom. The summed E-state index contributed by atoms with van der Waals surface area (Å²) in [6.07, 6.45) is 0.611. The molecule has 10 heteroatoms. The summed E-state index contributed by atoms with van der Waals surface area (Å²) in [5, 5.41) is 0. The normalized spacial score (nSPS) is 26.4. The molecule has 1 saturated heterocycles. The van der Waals surface area contributed by atoms with Crippen LogP contribution in [0.1, 0.15) is 27.7 Å². The van der Waals surface area contributed by atoms with Gasteiger partial charge in [-0.15, -0.1) is 6.42 Å². The topological polar surface area (TPSA) is 97.4 Å². The Balaban J connectivity index is 0.00000784. The molecule has 1 unspecified atom stereocenters. The summed E-state index contributed by atoms with van der Waals surface area (Å²) in [6, 6.07) is 0. The fourth-order valence-electron chi connectivity index (χ4n) is 2.85. The molecule has 0 spiro atoms. The zero-order chi connectivity index (χ0) is 21.5. The van der Waals surface area contributed by atoms with Gasteiger partial charge in [-0.05, 0) is 12.8 Å². The van der Waals surface area contributed by atoms with Gasteiger partial charge in [-0.3, -0.25) is 14.4 Å². The summed E-state index contributed by atoms with van der Waals surface area (Å²) in [5.41, 5.74) is 0. The Kier molecular flexibility index (Phi) is 11.4. The number of hydrogen-bond donors (Lipinski definition) is 0. The molecule has 0 saturated carbocycles. The highest BCUT2D eigenvalue weighted by molar-refractivity contribution is 5.68. The Hall–Kier alpha value is -1.67. The predicted molar refractivity (Wildman–Crippen MR) is 97.6 cm³/mol. The lowest BCUT2D eigenvalue weighted by Gasteiger charge is -2.43. The molecule has 1 fully saturated rings. The van der Waals surface area contributed by atoms with Gasteiger partial charge < -0.3 is 45.1 Å². The molecule has 0 amide bonds. The molecule has 1 heterocycles. The fraction of sp³-hybridized carbons (Fsp3) is 0.737. The molecule has 0 aromatic carbocycles. The highest BCUT2D eigenvalue weighted by atomic mass is 79.9. The minimum atomic E-state index is -1.09. The van der Waals surface area contributed by atoms with Crippen molar-refractivity contribution >= 4 is 17.9 Å². The summed E-state index contributed by atoms with van der Waals surface area (Å²) < 4.78 is 28.0. The van der Waals surface area contributed by atoms with Crippen molar-refractivity contribution in [1.82, 2.24) is 0 Å². The molecule has 1 aliphatic heterocycles. The first kappa shape index (κ1) is 27.3. The van der Waals surface area contributed by atoms with E-state index in [2.05, 4.69) is 5.92 Å². The largest absolute Gasteiger partial charge is 1.00 e. The van der Waals surface area contributed by atoms with Crippen molar-refractivity contribution < 1.29 is 59.5 Å². The fourth-order valence-corrected chi connectivity index (χ4v) is 2.85. The highest BCUT2D eigenvalue weighted by Gasteiger charge is 2.51. The second kappa shape index (κ2) is 12.1. The third-order valence-electron chi connectivity index (χ3n) is 4.13. The summed E-state index contributed by atoms with van der Waals surface area (Å²) in [4.78, 5) is 34.7. The van der Waals surface area contributed by atoms with Gasteiger partial charge in [0, 0.05) is 20.8 Å². The van der Waals surface area contributed by atoms with E-state index in [0.29, 0.717) is 17.6 Å². The number of halogens is 1. The van der Waals surface area contributed by atoms with E-state index in [1.807, 2.05) is 14.1 Å². The number of rotatable bonds is 8. The standard InChI is InChI=1S/C19H30NO8.BrH/c1-8-9-20(6,7)10-11-24-19-18(28-15(5)23)17(27-14(4)22)16(12(2)25-19)26-13(3)21;/h1,12,16-19H,9-11H2,2-7H3;1H/q+1;/p-1/t12-,16+,17+,18-,19?;/m0./s1. The Morgan fingerprint density at radius 2 is 1.45 bits per heavy atom. The van der Waals surface area contributed by atoms with E-state index < -0.39 is 48.6 Å². The van der Waals surface area contributed by atoms with Gasteiger partial charge in [0.2, 0.25) is 0 Å². The molecule has 0 aromatic heterocycles. The van der Waals surface area contributed by atoms with Gasteiger partial charge >= 0.3 is 17.9 Å². The number of quaternary nitrogens is 1. The zero-order valence-corrected chi connectivity index (χ0v) is 19.3. The van der Waals surface area contributed by atoms with Crippen LogP contribution in [0.25, 0.3) is 0 Å². The number of likely N-dealkylation sites (N-methyl/N-ethyl adjacent to an activating group) is 1. The lowest BCUT2D eigenvalue weighted by atomic mass is 9.99. The first-order valence-corrected chi connectivity index (χ1v) is 9.01. The molecule has 0 radical (unpaired) electrons. The monoisotopic (exact) mass is 479 g/mol. The van der Waals surface area contributed by atoms with Crippen LogP contribution in [-0.4, -0.2) is 86.9 Å². The molecule has 0 N–H and O–H groups in total. The lowest BCUT2D eigenvalue weighted by molar-refractivity contribution is -0.883. The van der Waals surface area contributed by atoms with Crippen molar-refractivity contribution in [1.29, 1.82) is 0 Å². The maximum absolute atomic E-state index is 11.6. The third kappa shape index (κ3) is 9.12. The average Bonchev–Trinajstić information content (AvgIpc) is 2.53. The van der Waals surface area contributed by atoms with Crippen molar-refractivity contribution in [2.75, 3.05) is 33.8 Å². The molecule has 1 rings (SSSR count). The number of hydrogen-bond acceptors (Lipinski definition) is 8. The number of nitrogens with zero attached hydrogens (tertiary/aromatic N) is 1. The van der Waals surface area contributed by atoms with Crippen molar-refractivity contribution in [3.8, 4) is 12.3 Å². The number of esters is 3. The number of ether oxygens (including phenoxy) is 5. The molecule has 0 bridgehead atoms. The SMILES string of the molecule is C#CC[N+](C)(C)CCOC1O[C@@H](C)[C@@H](OC(C)=O)[C@@H](OC(C)=O)[C@@H]1OC(C)=O.[Br-]. The van der Waals surface area contributed by atoms with Crippen molar-refractivity contribution in [3.05, 3.63) is 0 Å². The van der Waals surface area contributed by atoms with E-state index in [1.165, 1.54) is 20.8 Å². The van der Waals surface area contributed by atoms with Crippen molar-refractivity contribution in [2.45, 2.75) is 58.4 Å². The molecule has 166 valence electrons. The van der Waals surface area contributed by atoms with Gasteiger partial charge in [-0.25, -0.2) is 0 Å². The molecule has 29 heavy (non-hydrogen) atoms. The van der Waals surface area contributed by atoms with Gasteiger partial charge in [0.1, 0.15) is 13.1 Å². The quantitative estimate of drug-likeness (QED) is 0.160. The predicted octanol–water partition coefficient (Wildman–Crippen LogP) is -2.74. The Bertz CT molecular complexity index is 618. The molecule has 9 nitrogen and oxygen atoms in total. The number of terminal acetylenes is 1.